The molecule has 1 atom stereocenters. The normalized spacial score (nSPS) is 12.5. The zero-order valence-electron chi connectivity index (χ0n) is 11.0. The predicted molar refractivity (Wildman–Crippen MR) is 83.0 cm³/mol. The summed E-state index contributed by atoms with van der Waals surface area (Å²) < 4.78 is 5.17. The van der Waals surface area contributed by atoms with E-state index in [0.717, 1.165) is 5.56 Å². The van der Waals surface area contributed by atoms with Crippen molar-refractivity contribution in [1.29, 1.82) is 0 Å². The highest BCUT2D eigenvalue weighted by Gasteiger charge is 2.19. The van der Waals surface area contributed by atoms with Crippen molar-refractivity contribution < 1.29 is 4.74 Å². The number of benzene rings is 1. The summed E-state index contributed by atoms with van der Waals surface area (Å²) in [4.78, 5) is 2.48. The Balaban J connectivity index is 2.47. The minimum Gasteiger partial charge on any atom is -0.495 e. The highest BCUT2D eigenvalue weighted by Crippen LogP contribution is 2.37. The first-order valence-corrected chi connectivity index (χ1v) is 7.40. The standard InChI is InChI=1S/C14H15Cl2NOS/c1-8-4-5-13(19-8)14(17-2)9-6-11(16)12(18-3)7-10(9)15/h4-7,14,17H,1-3H3. The van der Waals surface area contributed by atoms with Crippen LogP contribution in [0.25, 0.3) is 0 Å². The van der Waals surface area contributed by atoms with E-state index in [9.17, 15) is 0 Å². The lowest BCUT2D eigenvalue weighted by molar-refractivity contribution is 0.415. The molecule has 19 heavy (non-hydrogen) atoms. The number of halogens is 2. The van der Waals surface area contributed by atoms with Gasteiger partial charge in [-0.3, -0.25) is 0 Å². The minimum atomic E-state index is 0.0367. The Labute approximate surface area is 127 Å². The van der Waals surface area contributed by atoms with Crippen LogP contribution in [0.5, 0.6) is 5.75 Å². The zero-order valence-corrected chi connectivity index (χ0v) is 13.3. The van der Waals surface area contributed by atoms with Crippen LogP contribution in [0.15, 0.2) is 24.3 Å². The van der Waals surface area contributed by atoms with Gasteiger partial charge in [-0.2, -0.15) is 0 Å². The second kappa shape index (κ2) is 6.14. The average molecular weight is 316 g/mol. The van der Waals surface area contributed by atoms with E-state index in [1.165, 1.54) is 9.75 Å². The summed E-state index contributed by atoms with van der Waals surface area (Å²) in [5.74, 6) is 0.590. The van der Waals surface area contributed by atoms with Gasteiger partial charge in [0.1, 0.15) is 5.75 Å². The second-order valence-corrected chi connectivity index (χ2v) is 6.31. The molecular weight excluding hydrogens is 301 g/mol. The summed E-state index contributed by atoms with van der Waals surface area (Å²) in [6.45, 7) is 2.09. The fourth-order valence-corrected chi connectivity index (χ4v) is 3.50. The fourth-order valence-electron chi connectivity index (χ4n) is 1.98. The van der Waals surface area contributed by atoms with Crippen molar-refractivity contribution in [2.45, 2.75) is 13.0 Å². The SMILES string of the molecule is CNC(c1ccc(C)s1)c1cc(Cl)c(OC)cc1Cl. The Morgan fingerprint density at radius 2 is 1.95 bits per heavy atom. The van der Waals surface area contributed by atoms with Gasteiger partial charge in [-0.1, -0.05) is 23.2 Å². The molecule has 1 N–H and O–H groups in total. The van der Waals surface area contributed by atoms with Crippen LogP contribution in [-0.2, 0) is 0 Å². The van der Waals surface area contributed by atoms with Crippen LogP contribution in [0.1, 0.15) is 21.4 Å². The summed E-state index contributed by atoms with van der Waals surface area (Å²) in [6.07, 6.45) is 0. The molecule has 0 spiro atoms. The fraction of sp³-hybridized carbons (Fsp3) is 0.286. The number of nitrogens with one attached hydrogen (secondary N) is 1. The molecule has 1 aromatic carbocycles. The summed E-state index contributed by atoms with van der Waals surface area (Å²) >= 11 is 14.3. The lowest BCUT2D eigenvalue weighted by atomic mass is 10.1. The minimum absolute atomic E-state index is 0.0367. The molecule has 0 fully saturated rings. The van der Waals surface area contributed by atoms with Crippen LogP contribution >= 0.6 is 34.5 Å². The number of hydrogen-bond acceptors (Lipinski definition) is 3. The first-order valence-electron chi connectivity index (χ1n) is 5.83. The molecule has 2 nitrogen and oxygen atoms in total. The van der Waals surface area contributed by atoms with E-state index in [2.05, 4.69) is 24.4 Å². The van der Waals surface area contributed by atoms with Crippen LogP contribution in [0.4, 0.5) is 0 Å². The van der Waals surface area contributed by atoms with Gasteiger partial charge >= 0.3 is 0 Å². The van der Waals surface area contributed by atoms with Gasteiger partial charge in [-0.05, 0) is 37.7 Å². The third-order valence-corrected chi connectivity index (χ3v) is 4.60. The maximum atomic E-state index is 6.34. The van der Waals surface area contributed by atoms with Gasteiger partial charge in [0.25, 0.3) is 0 Å². The third-order valence-electron chi connectivity index (χ3n) is 2.92. The van der Waals surface area contributed by atoms with Crippen LogP contribution in [0.2, 0.25) is 10.0 Å². The zero-order chi connectivity index (χ0) is 14.0. The number of aryl methyl sites for hydroxylation is 1. The van der Waals surface area contributed by atoms with Crippen molar-refractivity contribution in [3.63, 3.8) is 0 Å². The van der Waals surface area contributed by atoms with E-state index in [1.807, 2.05) is 13.1 Å². The van der Waals surface area contributed by atoms with Gasteiger partial charge in [-0.25, -0.2) is 0 Å². The number of ether oxygens (including phenoxy) is 1. The van der Waals surface area contributed by atoms with Gasteiger partial charge in [0.15, 0.2) is 0 Å². The van der Waals surface area contributed by atoms with Crippen molar-refractivity contribution in [2.75, 3.05) is 14.2 Å². The summed E-state index contributed by atoms with van der Waals surface area (Å²) in [7, 11) is 3.49. The molecule has 1 aromatic heterocycles. The highest BCUT2D eigenvalue weighted by molar-refractivity contribution is 7.12. The van der Waals surface area contributed by atoms with Gasteiger partial charge in [0, 0.05) is 20.8 Å². The van der Waals surface area contributed by atoms with Gasteiger partial charge < -0.3 is 10.1 Å². The Bertz CT molecular complexity index is 583. The van der Waals surface area contributed by atoms with E-state index in [-0.39, 0.29) is 6.04 Å². The Kier molecular flexibility index (Phi) is 4.74. The van der Waals surface area contributed by atoms with Crippen molar-refractivity contribution in [3.05, 3.63) is 49.6 Å². The Morgan fingerprint density at radius 1 is 1.21 bits per heavy atom. The highest BCUT2D eigenvalue weighted by atomic mass is 35.5. The number of methoxy groups -OCH3 is 1. The van der Waals surface area contributed by atoms with E-state index < -0.39 is 0 Å². The van der Waals surface area contributed by atoms with Crippen LogP contribution in [-0.4, -0.2) is 14.2 Å². The molecule has 0 radical (unpaired) electrons. The van der Waals surface area contributed by atoms with Crippen LogP contribution in [0, 0.1) is 6.92 Å². The molecule has 0 aliphatic carbocycles. The smallest absolute Gasteiger partial charge is 0.138 e. The lowest BCUT2D eigenvalue weighted by Gasteiger charge is -2.18. The molecular formula is C14H15Cl2NOS. The monoisotopic (exact) mass is 315 g/mol. The van der Waals surface area contributed by atoms with Crippen molar-refractivity contribution in [3.8, 4) is 5.75 Å². The van der Waals surface area contributed by atoms with Crippen molar-refractivity contribution in [1.82, 2.24) is 5.32 Å². The van der Waals surface area contributed by atoms with Crippen LogP contribution in [0.3, 0.4) is 0 Å². The molecule has 0 saturated heterocycles. The molecule has 5 heteroatoms. The van der Waals surface area contributed by atoms with Gasteiger partial charge in [-0.15, -0.1) is 11.3 Å². The van der Waals surface area contributed by atoms with E-state index in [0.29, 0.717) is 15.8 Å². The number of thiophene rings is 1. The molecule has 0 amide bonds. The third kappa shape index (κ3) is 3.06. The first kappa shape index (κ1) is 14.7. The molecule has 0 bridgehead atoms. The molecule has 1 unspecified atom stereocenters. The number of rotatable bonds is 4. The largest absolute Gasteiger partial charge is 0.495 e. The van der Waals surface area contributed by atoms with E-state index in [4.69, 9.17) is 27.9 Å². The summed E-state index contributed by atoms with van der Waals surface area (Å²) in [5, 5.41) is 4.49. The first-order chi connectivity index (χ1) is 9.06. The lowest BCUT2D eigenvalue weighted by Crippen LogP contribution is -2.17. The van der Waals surface area contributed by atoms with E-state index in [1.54, 1.807) is 24.5 Å². The predicted octanol–water partition coefficient (Wildman–Crippen LogP) is 4.68. The average Bonchev–Trinajstić information content (AvgIpc) is 2.80. The molecule has 0 aliphatic rings. The van der Waals surface area contributed by atoms with Gasteiger partial charge in [0.2, 0.25) is 0 Å². The molecule has 0 aliphatic heterocycles. The maximum absolute atomic E-state index is 6.34. The van der Waals surface area contributed by atoms with Gasteiger partial charge in [0.05, 0.1) is 18.2 Å². The Hall–Kier alpha value is -0.740. The number of hydrogen-bond donors (Lipinski definition) is 1. The molecule has 2 aromatic rings. The quantitative estimate of drug-likeness (QED) is 0.884. The second-order valence-electron chi connectivity index (χ2n) is 4.18. The summed E-state index contributed by atoms with van der Waals surface area (Å²) in [5.41, 5.74) is 0.955. The molecule has 0 saturated carbocycles. The van der Waals surface area contributed by atoms with Crippen molar-refractivity contribution in [2.24, 2.45) is 0 Å². The van der Waals surface area contributed by atoms with Crippen LogP contribution < -0.4 is 10.1 Å². The maximum Gasteiger partial charge on any atom is 0.138 e. The van der Waals surface area contributed by atoms with Crippen molar-refractivity contribution >= 4 is 34.5 Å². The topological polar surface area (TPSA) is 21.3 Å². The summed E-state index contributed by atoms with van der Waals surface area (Å²) in [6, 6.07) is 7.86. The Morgan fingerprint density at radius 3 is 2.47 bits per heavy atom. The molecule has 102 valence electrons. The molecule has 1 heterocycles. The molecule has 2 rings (SSSR count). The van der Waals surface area contributed by atoms with E-state index >= 15 is 0 Å².